The summed E-state index contributed by atoms with van der Waals surface area (Å²) in [4.78, 5) is 14.5. The summed E-state index contributed by atoms with van der Waals surface area (Å²) in [6.07, 6.45) is 1.58. The van der Waals surface area contributed by atoms with Crippen molar-refractivity contribution in [2.24, 2.45) is 5.73 Å². The van der Waals surface area contributed by atoms with Crippen LogP contribution < -0.4 is 10.2 Å². The SMILES string of the molecule is NC(=O)c1ccnc([AsH2])c1. The van der Waals surface area contributed by atoms with Gasteiger partial charge in [-0.2, -0.15) is 0 Å². The van der Waals surface area contributed by atoms with E-state index in [1.165, 1.54) is 16.9 Å². The molecule has 4 heteroatoms. The van der Waals surface area contributed by atoms with Gasteiger partial charge in [-0.25, -0.2) is 0 Å². The van der Waals surface area contributed by atoms with Crippen molar-refractivity contribution in [2.45, 2.75) is 0 Å². The number of hydrogen-bond donors (Lipinski definition) is 1. The molecule has 0 aliphatic rings. The third kappa shape index (κ3) is 1.58. The Morgan fingerprint density at radius 1 is 1.70 bits per heavy atom. The van der Waals surface area contributed by atoms with Gasteiger partial charge in [-0.05, 0) is 0 Å². The van der Waals surface area contributed by atoms with E-state index in [0.717, 1.165) is 4.48 Å². The molecule has 10 heavy (non-hydrogen) atoms. The number of amides is 1. The van der Waals surface area contributed by atoms with Gasteiger partial charge in [0, 0.05) is 0 Å². The summed E-state index contributed by atoms with van der Waals surface area (Å²) in [6.45, 7) is 0. The molecule has 0 spiro atoms. The minimum atomic E-state index is -0.402. The molecule has 0 saturated carbocycles. The number of pyridine rings is 1. The van der Waals surface area contributed by atoms with Crippen molar-refractivity contribution in [3.8, 4) is 0 Å². The molecular weight excluding hydrogens is 191 g/mol. The van der Waals surface area contributed by atoms with E-state index in [4.69, 9.17) is 5.73 Å². The molecular formula is C6H7AsN2O. The number of nitrogens with zero attached hydrogens (tertiary/aromatic N) is 1. The van der Waals surface area contributed by atoms with Gasteiger partial charge in [0.2, 0.25) is 0 Å². The van der Waals surface area contributed by atoms with Gasteiger partial charge in [-0.15, -0.1) is 0 Å². The minimum absolute atomic E-state index is 0.402. The van der Waals surface area contributed by atoms with Gasteiger partial charge < -0.3 is 0 Å². The van der Waals surface area contributed by atoms with Crippen LogP contribution in [-0.2, 0) is 0 Å². The van der Waals surface area contributed by atoms with Crippen molar-refractivity contribution in [1.29, 1.82) is 0 Å². The Kier molecular flexibility index (Phi) is 2.07. The first-order valence-electron chi connectivity index (χ1n) is 2.71. The van der Waals surface area contributed by atoms with Crippen LogP contribution in [0.4, 0.5) is 0 Å². The molecule has 0 aliphatic carbocycles. The molecule has 3 nitrogen and oxygen atoms in total. The third-order valence-corrected chi connectivity index (χ3v) is 1.73. The second kappa shape index (κ2) is 2.84. The number of primary amides is 1. The van der Waals surface area contributed by atoms with Crippen molar-refractivity contribution >= 4 is 27.2 Å². The van der Waals surface area contributed by atoms with Crippen LogP contribution in [0.3, 0.4) is 0 Å². The quantitative estimate of drug-likeness (QED) is 0.555. The normalized spacial score (nSPS) is 9.30. The van der Waals surface area contributed by atoms with Gasteiger partial charge in [0.05, 0.1) is 0 Å². The topological polar surface area (TPSA) is 56.0 Å². The van der Waals surface area contributed by atoms with Crippen LogP contribution in [0.25, 0.3) is 0 Å². The molecule has 1 amide bonds. The van der Waals surface area contributed by atoms with E-state index in [1.807, 2.05) is 0 Å². The van der Waals surface area contributed by atoms with E-state index in [9.17, 15) is 4.79 Å². The summed E-state index contributed by atoms with van der Waals surface area (Å²) in [7, 11) is 0. The van der Waals surface area contributed by atoms with E-state index in [0.29, 0.717) is 5.56 Å². The molecule has 2 N–H and O–H groups in total. The number of rotatable bonds is 1. The fraction of sp³-hybridized carbons (Fsp3) is 0. The maximum absolute atomic E-state index is 10.6. The molecule has 1 rings (SSSR count). The monoisotopic (exact) mass is 198 g/mol. The molecule has 1 aromatic rings. The second-order valence-corrected chi connectivity index (χ2v) is 3.07. The molecule has 1 unspecified atom stereocenters. The first kappa shape index (κ1) is 7.29. The molecule has 0 aliphatic heterocycles. The first-order chi connectivity index (χ1) is 4.70. The van der Waals surface area contributed by atoms with Gasteiger partial charge in [-0.3, -0.25) is 0 Å². The molecule has 52 valence electrons. The standard InChI is InChI=1S/C6H7AsN2O/c7-5-3-4(6(8)10)1-2-9-5/h1-3H,7H2,(H2,8,10). The summed E-state index contributed by atoms with van der Waals surface area (Å²) in [5.41, 5.74) is 5.55. The fourth-order valence-corrected chi connectivity index (χ4v) is 1.16. The Balaban J connectivity index is 3.07. The molecule has 1 aromatic heterocycles. The van der Waals surface area contributed by atoms with Gasteiger partial charge in [0.15, 0.2) is 0 Å². The van der Waals surface area contributed by atoms with Crippen molar-refractivity contribution in [3.05, 3.63) is 23.9 Å². The van der Waals surface area contributed by atoms with Crippen LogP contribution in [0.2, 0.25) is 0 Å². The molecule has 0 fully saturated rings. The van der Waals surface area contributed by atoms with E-state index in [-0.39, 0.29) is 0 Å². The van der Waals surface area contributed by atoms with Gasteiger partial charge >= 0.3 is 66.6 Å². The summed E-state index contributed by atoms with van der Waals surface area (Å²) < 4.78 is 0.865. The van der Waals surface area contributed by atoms with Crippen molar-refractivity contribution in [1.82, 2.24) is 4.98 Å². The van der Waals surface area contributed by atoms with Crippen molar-refractivity contribution in [2.75, 3.05) is 0 Å². The maximum atomic E-state index is 10.6. The van der Waals surface area contributed by atoms with Gasteiger partial charge in [0.25, 0.3) is 0 Å². The number of carbonyl (C=O) groups excluding carboxylic acids is 1. The van der Waals surface area contributed by atoms with Crippen molar-refractivity contribution < 1.29 is 4.79 Å². The van der Waals surface area contributed by atoms with Crippen LogP contribution >= 0.6 is 0 Å². The summed E-state index contributed by atoms with van der Waals surface area (Å²) in [5, 5.41) is 0. The predicted octanol–water partition coefficient (Wildman–Crippen LogP) is -1.56. The van der Waals surface area contributed by atoms with E-state index in [2.05, 4.69) is 4.98 Å². The third-order valence-electron chi connectivity index (χ3n) is 1.07. The molecule has 0 saturated heterocycles. The van der Waals surface area contributed by atoms with Crippen LogP contribution in [0.5, 0.6) is 0 Å². The fourth-order valence-electron chi connectivity index (χ4n) is 0.602. The zero-order chi connectivity index (χ0) is 7.56. The number of nitrogens with two attached hydrogens (primary N) is 1. The van der Waals surface area contributed by atoms with Gasteiger partial charge in [0.1, 0.15) is 0 Å². The summed E-state index contributed by atoms with van der Waals surface area (Å²) in [5.74, 6) is -0.402. The Morgan fingerprint density at radius 2 is 2.40 bits per heavy atom. The molecule has 1 heterocycles. The Bertz CT molecular complexity index is 262. The average molecular weight is 198 g/mol. The molecule has 0 bridgehead atoms. The van der Waals surface area contributed by atoms with Crippen LogP contribution in [0, 0.1) is 0 Å². The second-order valence-electron chi connectivity index (χ2n) is 1.83. The Morgan fingerprint density at radius 3 is 2.80 bits per heavy atom. The van der Waals surface area contributed by atoms with Crippen LogP contribution in [-0.4, -0.2) is 27.7 Å². The number of aromatic nitrogens is 1. The Labute approximate surface area is 67.1 Å². The molecule has 0 aromatic carbocycles. The van der Waals surface area contributed by atoms with E-state index in [1.54, 1.807) is 18.3 Å². The zero-order valence-electron chi connectivity index (χ0n) is 5.24. The van der Waals surface area contributed by atoms with E-state index < -0.39 is 5.91 Å². The zero-order valence-corrected chi connectivity index (χ0v) is 7.66. The Hall–Kier alpha value is -0.822. The van der Waals surface area contributed by atoms with Gasteiger partial charge in [-0.1, -0.05) is 0 Å². The summed E-state index contributed by atoms with van der Waals surface area (Å²) >= 11 is 1.38. The van der Waals surface area contributed by atoms with Crippen LogP contribution in [0.15, 0.2) is 18.3 Å². The average Bonchev–Trinajstić information content (AvgIpc) is 1.88. The number of carbonyl (C=O) groups is 1. The van der Waals surface area contributed by atoms with E-state index >= 15 is 0 Å². The predicted molar refractivity (Wildman–Crippen MR) is 40.9 cm³/mol. The van der Waals surface area contributed by atoms with Crippen molar-refractivity contribution in [3.63, 3.8) is 0 Å². The van der Waals surface area contributed by atoms with Crippen LogP contribution in [0.1, 0.15) is 10.4 Å². The summed E-state index contributed by atoms with van der Waals surface area (Å²) in [6, 6.07) is 3.29. The first-order valence-corrected chi connectivity index (χ1v) is 3.92. The molecule has 1 atom stereocenters. The number of hydrogen-bond acceptors (Lipinski definition) is 2. The molecule has 0 radical (unpaired) electrons.